The van der Waals surface area contributed by atoms with E-state index in [4.69, 9.17) is 17.0 Å². The molecule has 0 spiro atoms. The topological polar surface area (TPSA) is 68.2 Å². The molecule has 28 heavy (non-hydrogen) atoms. The van der Waals surface area contributed by atoms with Gasteiger partial charge in [0.25, 0.3) is 0 Å². The normalized spacial score (nSPS) is 10.6. The van der Waals surface area contributed by atoms with E-state index in [-0.39, 0.29) is 0 Å². The number of aromatic nitrogens is 2. The minimum atomic E-state index is -0.391. The second-order valence-electron chi connectivity index (χ2n) is 6.36. The fraction of sp³-hybridized carbons (Fsp3) is 0.250. The molecule has 2 aromatic heterocycles. The summed E-state index contributed by atoms with van der Waals surface area (Å²) in [6.07, 6.45) is 0. The summed E-state index contributed by atoms with van der Waals surface area (Å²) < 4.78 is 6.79. The number of thiophene rings is 1. The van der Waals surface area contributed by atoms with E-state index in [1.54, 1.807) is 6.07 Å². The number of hydrogen-bond acceptors (Lipinski definition) is 5. The van der Waals surface area contributed by atoms with Crippen LogP contribution in [0, 0.1) is 20.8 Å². The highest BCUT2D eigenvalue weighted by atomic mass is 32.1. The number of benzene rings is 1. The number of nitrogens with one attached hydrogen (secondary N) is 2. The van der Waals surface area contributed by atoms with Gasteiger partial charge in [0.1, 0.15) is 5.00 Å². The third-order valence-electron chi connectivity index (χ3n) is 4.28. The van der Waals surface area contributed by atoms with Crippen molar-refractivity contribution in [1.29, 1.82) is 0 Å². The zero-order chi connectivity index (χ0) is 20.3. The Balaban J connectivity index is 1.75. The van der Waals surface area contributed by atoms with Crippen LogP contribution in [0.2, 0.25) is 0 Å². The van der Waals surface area contributed by atoms with Crippen LogP contribution in [0.25, 0.3) is 0 Å². The highest BCUT2D eigenvalue weighted by Gasteiger charge is 2.18. The molecule has 2 N–H and O–H groups in total. The molecule has 1 aromatic carbocycles. The van der Waals surface area contributed by atoms with Crippen LogP contribution < -0.4 is 10.6 Å². The minimum absolute atomic E-state index is 0.391. The van der Waals surface area contributed by atoms with Crippen LogP contribution in [0.1, 0.15) is 32.2 Å². The number of anilines is 2. The zero-order valence-corrected chi connectivity index (χ0v) is 17.8. The van der Waals surface area contributed by atoms with Gasteiger partial charge in [-0.25, -0.2) is 4.79 Å². The van der Waals surface area contributed by atoms with Gasteiger partial charge in [-0.3, -0.25) is 4.68 Å². The molecule has 0 bridgehead atoms. The third kappa shape index (κ3) is 4.40. The predicted molar refractivity (Wildman–Crippen MR) is 117 cm³/mol. The molecule has 146 valence electrons. The lowest BCUT2D eigenvalue weighted by Crippen LogP contribution is -2.20. The van der Waals surface area contributed by atoms with E-state index in [1.807, 2.05) is 43.7 Å². The first-order valence-electron chi connectivity index (χ1n) is 8.73. The second kappa shape index (κ2) is 8.53. The molecule has 8 heteroatoms. The van der Waals surface area contributed by atoms with Gasteiger partial charge in [-0.05, 0) is 44.6 Å². The summed E-state index contributed by atoms with van der Waals surface area (Å²) in [5.41, 5.74) is 4.36. The minimum Gasteiger partial charge on any atom is -0.465 e. The van der Waals surface area contributed by atoms with E-state index in [0.717, 1.165) is 22.0 Å². The third-order valence-corrected chi connectivity index (χ3v) is 5.45. The number of carbonyl (C=O) groups is 1. The predicted octanol–water partition coefficient (Wildman–Crippen LogP) is 4.51. The van der Waals surface area contributed by atoms with Gasteiger partial charge in [0.15, 0.2) is 5.11 Å². The molecule has 0 radical (unpaired) electrons. The van der Waals surface area contributed by atoms with Gasteiger partial charge < -0.3 is 15.4 Å². The number of thiocarbonyl (C=S) groups is 1. The Labute approximate surface area is 173 Å². The van der Waals surface area contributed by atoms with Crippen LogP contribution in [0.15, 0.2) is 36.4 Å². The van der Waals surface area contributed by atoms with Crippen molar-refractivity contribution >= 4 is 45.3 Å². The Morgan fingerprint density at radius 3 is 2.61 bits per heavy atom. The van der Waals surface area contributed by atoms with Gasteiger partial charge >= 0.3 is 5.97 Å². The van der Waals surface area contributed by atoms with E-state index >= 15 is 0 Å². The smallest absolute Gasteiger partial charge is 0.340 e. The van der Waals surface area contributed by atoms with Crippen LogP contribution in [-0.4, -0.2) is 28.0 Å². The van der Waals surface area contributed by atoms with Crippen molar-refractivity contribution in [3.05, 3.63) is 63.8 Å². The van der Waals surface area contributed by atoms with Gasteiger partial charge in [-0.1, -0.05) is 30.3 Å². The number of esters is 1. The molecule has 0 saturated heterocycles. The maximum Gasteiger partial charge on any atom is 0.340 e. The van der Waals surface area contributed by atoms with Crippen molar-refractivity contribution in [1.82, 2.24) is 9.78 Å². The summed E-state index contributed by atoms with van der Waals surface area (Å²) in [5.74, 6) is -0.391. The fourth-order valence-corrected chi connectivity index (χ4v) is 4.08. The molecule has 0 aliphatic heterocycles. The van der Waals surface area contributed by atoms with Crippen molar-refractivity contribution in [2.45, 2.75) is 27.3 Å². The highest BCUT2D eigenvalue weighted by Crippen LogP contribution is 2.29. The first-order chi connectivity index (χ1) is 13.4. The molecular formula is C20H22N4O2S2. The Kier molecular flexibility index (Phi) is 6.11. The fourth-order valence-electron chi connectivity index (χ4n) is 2.90. The van der Waals surface area contributed by atoms with E-state index in [0.29, 0.717) is 22.2 Å². The molecule has 0 aliphatic rings. The molecule has 3 rings (SSSR count). The van der Waals surface area contributed by atoms with Crippen molar-refractivity contribution < 1.29 is 9.53 Å². The van der Waals surface area contributed by atoms with Gasteiger partial charge in [0.05, 0.1) is 36.3 Å². The molecule has 0 aliphatic carbocycles. The van der Waals surface area contributed by atoms with Crippen LogP contribution in [0.4, 0.5) is 10.7 Å². The van der Waals surface area contributed by atoms with Crippen molar-refractivity contribution in [2.75, 3.05) is 17.7 Å². The molecule has 0 fully saturated rings. The number of rotatable bonds is 5. The highest BCUT2D eigenvalue weighted by molar-refractivity contribution is 7.80. The monoisotopic (exact) mass is 414 g/mol. The molecule has 6 nitrogen and oxygen atoms in total. The average Bonchev–Trinajstić information content (AvgIpc) is 3.16. The van der Waals surface area contributed by atoms with Gasteiger partial charge in [-0.2, -0.15) is 5.10 Å². The van der Waals surface area contributed by atoms with E-state index < -0.39 is 5.97 Å². The summed E-state index contributed by atoms with van der Waals surface area (Å²) in [4.78, 5) is 12.9. The number of methoxy groups -OCH3 is 1. The Morgan fingerprint density at radius 1 is 1.21 bits per heavy atom. The van der Waals surface area contributed by atoms with Crippen molar-refractivity contribution in [2.24, 2.45) is 0 Å². The van der Waals surface area contributed by atoms with Crippen LogP contribution >= 0.6 is 23.6 Å². The summed E-state index contributed by atoms with van der Waals surface area (Å²) >= 11 is 6.92. The lowest BCUT2D eigenvalue weighted by Gasteiger charge is -2.11. The Bertz CT molecular complexity index is 1010. The molecule has 0 unspecified atom stereocenters. The van der Waals surface area contributed by atoms with Crippen molar-refractivity contribution in [3.8, 4) is 0 Å². The van der Waals surface area contributed by atoms with Crippen LogP contribution in [-0.2, 0) is 11.3 Å². The SMILES string of the molecule is COC(=O)c1cc(C)sc1NC(=S)Nc1c(C)nn(Cc2ccccc2)c1C. The maximum absolute atomic E-state index is 11.9. The first-order valence-corrected chi connectivity index (χ1v) is 9.96. The largest absolute Gasteiger partial charge is 0.465 e. The van der Waals surface area contributed by atoms with Gasteiger partial charge in [0.2, 0.25) is 0 Å². The number of hydrogen-bond donors (Lipinski definition) is 2. The summed E-state index contributed by atoms with van der Waals surface area (Å²) in [5, 5.41) is 12.0. The second-order valence-corrected chi connectivity index (χ2v) is 8.02. The Hall–Kier alpha value is -2.71. The van der Waals surface area contributed by atoms with Crippen LogP contribution in [0.3, 0.4) is 0 Å². The summed E-state index contributed by atoms with van der Waals surface area (Å²) in [6, 6.07) is 12.0. The van der Waals surface area contributed by atoms with Gasteiger partial charge in [-0.15, -0.1) is 11.3 Å². The number of aryl methyl sites for hydroxylation is 2. The summed E-state index contributed by atoms with van der Waals surface area (Å²) in [7, 11) is 1.36. The van der Waals surface area contributed by atoms with Crippen LogP contribution in [0.5, 0.6) is 0 Å². The van der Waals surface area contributed by atoms with Gasteiger partial charge in [0, 0.05) is 4.88 Å². The van der Waals surface area contributed by atoms with E-state index in [2.05, 4.69) is 27.9 Å². The lowest BCUT2D eigenvalue weighted by atomic mass is 10.2. The average molecular weight is 415 g/mol. The summed E-state index contributed by atoms with van der Waals surface area (Å²) in [6.45, 7) is 6.56. The van der Waals surface area contributed by atoms with E-state index in [1.165, 1.54) is 24.0 Å². The number of ether oxygens (including phenoxy) is 1. The number of carbonyl (C=O) groups excluding carboxylic acids is 1. The quantitative estimate of drug-likeness (QED) is 0.473. The lowest BCUT2D eigenvalue weighted by molar-refractivity contribution is 0.0602. The molecule has 2 heterocycles. The molecule has 0 amide bonds. The molecule has 0 saturated carbocycles. The molecule has 3 aromatic rings. The van der Waals surface area contributed by atoms with Crippen molar-refractivity contribution in [3.63, 3.8) is 0 Å². The number of nitrogens with zero attached hydrogens (tertiary/aromatic N) is 2. The standard InChI is InChI=1S/C20H22N4O2S2/c1-12-10-16(19(25)26-4)18(28-12)22-20(27)21-17-13(2)23-24(14(17)3)11-15-8-6-5-7-9-15/h5-10H,11H2,1-4H3,(H2,21,22,27). The Morgan fingerprint density at radius 2 is 1.93 bits per heavy atom. The van der Waals surface area contributed by atoms with E-state index in [9.17, 15) is 4.79 Å². The maximum atomic E-state index is 11.9. The molecular weight excluding hydrogens is 392 g/mol. The zero-order valence-electron chi connectivity index (χ0n) is 16.2. The first kappa shape index (κ1) is 20.0. The molecule has 0 atom stereocenters.